The van der Waals surface area contributed by atoms with Crippen LogP contribution in [-0.4, -0.2) is 34.2 Å². The Morgan fingerprint density at radius 3 is 2.51 bits per heavy atom. The molecule has 1 amide bonds. The number of aromatic nitrogens is 3. The van der Waals surface area contributed by atoms with Crippen LogP contribution in [0.4, 0.5) is 0 Å². The summed E-state index contributed by atoms with van der Waals surface area (Å²) in [5, 5.41) is 3.08. The molecule has 0 spiro atoms. The van der Waals surface area contributed by atoms with E-state index < -0.39 is 6.04 Å². The highest BCUT2D eigenvalue weighted by atomic mass is 16.5. The van der Waals surface area contributed by atoms with Crippen LogP contribution in [0.2, 0.25) is 0 Å². The quantitative estimate of drug-likeness (QED) is 0.363. The van der Waals surface area contributed by atoms with Gasteiger partial charge >= 0.3 is 0 Å². The molecule has 3 aromatic heterocycles. The second kappa shape index (κ2) is 10.4. The third-order valence-electron chi connectivity index (χ3n) is 6.03. The third-order valence-corrected chi connectivity index (χ3v) is 6.03. The highest BCUT2D eigenvalue weighted by Crippen LogP contribution is 2.29. The van der Waals surface area contributed by atoms with Crippen LogP contribution in [0.1, 0.15) is 40.1 Å². The molecule has 0 aliphatic rings. The molecule has 1 unspecified atom stereocenters. The molecule has 0 fully saturated rings. The van der Waals surface area contributed by atoms with Gasteiger partial charge in [-0.25, -0.2) is 4.98 Å². The highest BCUT2D eigenvalue weighted by Gasteiger charge is 2.22. The maximum Gasteiger partial charge on any atom is 0.244 e. The Morgan fingerprint density at radius 1 is 1.17 bits per heavy atom. The molecule has 0 aliphatic carbocycles. The van der Waals surface area contributed by atoms with Crippen molar-refractivity contribution in [3.63, 3.8) is 0 Å². The number of furan rings is 1. The first-order valence-electron chi connectivity index (χ1n) is 11.3. The van der Waals surface area contributed by atoms with E-state index in [1.54, 1.807) is 38.8 Å². The average Bonchev–Trinajstić information content (AvgIpc) is 3.59. The zero-order chi connectivity index (χ0) is 24.9. The Labute approximate surface area is 204 Å². The van der Waals surface area contributed by atoms with E-state index in [1.165, 1.54) is 0 Å². The molecular formula is C27H30N4O4. The van der Waals surface area contributed by atoms with E-state index in [9.17, 15) is 4.79 Å². The zero-order valence-corrected chi connectivity index (χ0v) is 20.6. The van der Waals surface area contributed by atoms with E-state index in [0.29, 0.717) is 23.9 Å². The largest absolute Gasteiger partial charge is 0.497 e. The summed E-state index contributed by atoms with van der Waals surface area (Å²) in [5.41, 5.74) is 3.92. The fourth-order valence-corrected chi connectivity index (χ4v) is 4.10. The number of hydrogen-bond acceptors (Lipinski definition) is 5. The van der Waals surface area contributed by atoms with Crippen molar-refractivity contribution in [3.8, 4) is 11.5 Å². The van der Waals surface area contributed by atoms with Gasteiger partial charge in [0, 0.05) is 43.0 Å². The lowest BCUT2D eigenvalue weighted by molar-refractivity contribution is -0.117. The lowest BCUT2D eigenvalue weighted by Crippen LogP contribution is -2.29. The number of nitrogens with one attached hydrogen (secondary N) is 1. The number of nitrogens with zero attached hydrogens (tertiary/aromatic N) is 3. The Balaban J connectivity index is 1.58. The summed E-state index contributed by atoms with van der Waals surface area (Å²) in [5.74, 6) is 2.60. The zero-order valence-electron chi connectivity index (χ0n) is 20.6. The molecule has 8 nitrogen and oxygen atoms in total. The lowest BCUT2D eigenvalue weighted by Gasteiger charge is -2.20. The third kappa shape index (κ3) is 5.32. The summed E-state index contributed by atoms with van der Waals surface area (Å²) < 4.78 is 20.4. The van der Waals surface area contributed by atoms with Gasteiger partial charge in [0.05, 0.1) is 27.0 Å². The molecule has 0 aliphatic heterocycles. The van der Waals surface area contributed by atoms with E-state index in [0.717, 1.165) is 28.3 Å². The first-order chi connectivity index (χ1) is 16.9. The van der Waals surface area contributed by atoms with Gasteiger partial charge in [0.15, 0.2) is 0 Å². The molecule has 1 atom stereocenters. The molecule has 4 aromatic rings. The molecule has 182 valence electrons. The normalized spacial score (nSPS) is 12.1. The topological polar surface area (TPSA) is 83.4 Å². The van der Waals surface area contributed by atoms with Crippen molar-refractivity contribution >= 4 is 12.0 Å². The number of ether oxygens (including phenoxy) is 2. The predicted molar refractivity (Wildman–Crippen MR) is 133 cm³/mol. The van der Waals surface area contributed by atoms with Gasteiger partial charge in [-0.3, -0.25) is 4.79 Å². The van der Waals surface area contributed by atoms with Crippen LogP contribution in [0.5, 0.6) is 11.5 Å². The maximum absolute atomic E-state index is 13.1. The Hall–Kier alpha value is -4.20. The van der Waals surface area contributed by atoms with Crippen LogP contribution < -0.4 is 14.8 Å². The minimum atomic E-state index is -0.498. The predicted octanol–water partition coefficient (Wildman–Crippen LogP) is 4.42. The van der Waals surface area contributed by atoms with Gasteiger partial charge in [0.25, 0.3) is 0 Å². The van der Waals surface area contributed by atoms with Crippen molar-refractivity contribution < 1.29 is 18.7 Å². The van der Waals surface area contributed by atoms with Crippen molar-refractivity contribution in [1.82, 2.24) is 19.4 Å². The molecule has 3 heterocycles. The number of carbonyl (C=O) groups excluding carboxylic acids is 1. The molecule has 1 aromatic carbocycles. The molecule has 0 radical (unpaired) electrons. The van der Waals surface area contributed by atoms with Crippen molar-refractivity contribution in [2.45, 2.75) is 26.4 Å². The number of amides is 1. The van der Waals surface area contributed by atoms with E-state index >= 15 is 0 Å². The van der Waals surface area contributed by atoms with Crippen molar-refractivity contribution in [2.75, 3.05) is 14.2 Å². The van der Waals surface area contributed by atoms with Crippen LogP contribution in [-0.2, 0) is 18.4 Å². The first-order valence-corrected chi connectivity index (χ1v) is 11.3. The standard InChI is InChI=1S/C27H30N4O4/c1-18-13-20(19(2)31(18)17-22-7-6-12-35-22)8-9-25(32)29-26(27-28-10-11-30(27)3)21-14-23(33-4)16-24(15-21)34-5/h6-16,26H,17H2,1-5H3,(H,29,32)/b9-8+. The van der Waals surface area contributed by atoms with Crippen molar-refractivity contribution in [3.05, 3.63) is 95.2 Å². The molecular weight excluding hydrogens is 444 g/mol. The van der Waals surface area contributed by atoms with Crippen molar-refractivity contribution in [1.29, 1.82) is 0 Å². The Bertz CT molecular complexity index is 1310. The smallest absolute Gasteiger partial charge is 0.244 e. The molecule has 4 rings (SSSR count). The summed E-state index contributed by atoms with van der Waals surface area (Å²) in [6.45, 7) is 4.72. The van der Waals surface area contributed by atoms with Gasteiger partial charge in [-0.05, 0) is 61.4 Å². The number of imidazole rings is 1. The van der Waals surface area contributed by atoms with E-state index in [1.807, 2.05) is 62.0 Å². The minimum Gasteiger partial charge on any atom is -0.497 e. The average molecular weight is 475 g/mol. The van der Waals surface area contributed by atoms with Gasteiger partial charge in [-0.1, -0.05) is 0 Å². The minimum absolute atomic E-state index is 0.240. The van der Waals surface area contributed by atoms with Gasteiger partial charge < -0.3 is 28.3 Å². The number of methoxy groups -OCH3 is 2. The summed E-state index contributed by atoms with van der Waals surface area (Å²) in [6, 6.07) is 10.9. The fourth-order valence-electron chi connectivity index (χ4n) is 4.10. The number of rotatable bonds is 9. The van der Waals surface area contributed by atoms with Crippen LogP contribution >= 0.6 is 0 Å². The Kier molecular flexibility index (Phi) is 7.10. The molecule has 0 saturated heterocycles. The first kappa shape index (κ1) is 23.9. The van der Waals surface area contributed by atoms with Crippen LogP contribution in [0.15, 0.2) is 65.5 Å². The van der Waals surface area contributed by atoms with Gasteiger partial charge in [-0.2, -0.15) is 0 Å². The van der Waals surface area contributed by atoms with Gasteiger partial charge in [0.2, 0.25) is 5.91 Å². The number of carbonyl (C=O) groups is 1. The summed E-state index contributed by atoms with van der Waals surface area (Å²) >= 11 is 0. The SMILES string of the molecule is COc1cc(OC)cc(C(NC(=O)/C=C/c2cc(C)n(Cc3ccco3)c2C)c2nccn2C)c1. The van der Waals surface area contributed by atoms with E-state index in [2.05, 4.69) is 20.9 Å². The van der Waals surface area contributed by atoms with Crippen LogP contribution in [0.3, 0.4) is 0 Å². The second-order valence-electron chi connectivity index (χ2n) is 8.31. The van der Waals surface area contributed by atoms with Crippen LogP contribution in [0.25, 0.3) is 6.08 Å². The molecule has 1 N–H and O–H groups in total. The molecule has 0 saturated carbocycles. The van der Waals surface area contributed by atoms with Crippen molar-refractivity contribution in [2.24, 2.45) is 7.05 Å². The fraction of sp³-hybridized carbons (Fsp3) is 0.259. The Morgan fingerprint density at radius 2 is 1.91 bits per heavy atom. The number of hydrogen-bond donors (Lipinski definition) is 1. The number of benzene rings is 1. The van der Waals surface area contributed by atoms with Crippen LogP contribution in [0, 0.1) is 13.8 Å². The van der Waals surface area contributed by atoms with Gasteiger partial charge in [-0.15, -0.1) is 0 Å². The maximum atomic E-state index is 13.1. The molecule has 35 heavy (non-hydrogen) atoms. The summed E-state index contributed by atoms with van der Waals surface area (Å²) in [7, 11) is 5.08. The summed E-state index contributed by atoms with van der Waals surface area (Å²) in [6.07, 6.45) is 8.60. The molecule has 8 heteroatoms. The molecule has 0 bridgehead atoms. The van der Waals surface area contributed by atoms with E-state index in [4.69, 9.17) is 13.9 Å². The summed E-state index contributed by atoms with van der Waals surface area (Å²) in [4.78, 5) is 17.5. The monoisotopic (exact) mass is 474 g/mol. The second-order valence-corrected chi connectivity index (χ2v) is 8.31. The lowest BCUT2D eigenvalue weighted by atomic mass is 10.0. The number of aryl methyl sites for hydroxylation is 2. The van der Waals surface area contributed by atoms with Gasteiger partial charge in [0.1, 0.15) is 29.1 Å². The van der Waals surface area contributed by atoms with E-state index in [-0.39, 0.29) is 5.91 Å². The highest BCUT2D eigenvalue weighted by molar-refractivity contribution is 5.92.